The summed E-state index contributed by atoms with van der Waals surface area (Å²) in [5.41, 5.74) is 5.60. The lowest BCUT2D eigenvalue weighted by Crippen LogP contribution is -2.36. The second-order valence-corrected chi connectivity index (χ2v) is 6.37. The third-order valence-electron chi connectivity index (χ3n) is 4.88. The maximum Gasteiger partial charge on any atom is 0.0458 e. The van der Waals surface area contributed by atoms with Crippen molar-refractivity contribution in [3.63, 3.8) is 0 Å². The first-order valence-corrected chi connectivity index (χ1v) is 8.21. The lowest BCUT2D eigenvalue weighted by Gasteiger charge is -2.27. The Kier molecular flexibility index (Phi) is 3.47. The van der Waals surface area contributed by atoms with Crippen molar-refractivity contribution in [1.29, 1.82) is 0 Å². The first-order valence-electron chi connectivity index (χ1n) is 8.21. The highest BCUT2D eigenvalue weighted by molar-refractivity contribution is 5.84. The van der Waals surface area contributed by atoms with Crippen LogP contribution in [0.5, 0.6) is 0 Å². The summed E-state index contributed by atoms with van der Waals surface area (Å²) in [6, 6.07) is 20.4. The largest absolute Gasteiger partial charge is 0.358 e. The quantitative estimate of drug-likeness (QED) is 0.738. The fourth-order valence-corrected chi connectivity index (χ4v) is 3.70. The summed E-state index contributed by atoms with van der Waals surface area (Å²) >= 11 is 0. The number of nitrogens with one attached hydrogen (secondary N) is 2. The molecule has 0 aliphatic heterocycles. The van der Waals surface area contributed by atoms with Crippen LogP contribution in [-0.2, 0) is 12.8 Å². The summed E-state index contributed by atoms with van der Waals surface area (Å²) in [6.07, 6.45) is 3.47. The zero-order valence-corrected chi connectivity index (χ0v) is 13.0. The van der Waals surface area contributed by atoms with Crippen LogP contribution < -0.4 is 5.32 Å². The number of aryl methyl sites for hydroxylation is 1. The van der Waals surface area contributed by atoms with Crippen LogP contribution in [0, 0.1) is 0 Å². The van der Waals surface area contributed by atoms with Gasteiger partial charge in [-0.1, -0.05) is 48.5 Å². The molecule has 0 fully saturated rings. The van der Waals surface area contributed by atoms with Crippen LogP contribution in [0.3, 0.4) is 0 Å². The second kappa shape index (κ2) is 5.62. The van der Waals surface area contributed by atoms with Gasteiger partial charge in [-0.25, -0.2) is 0 Å². The molecule has 1 aromatic heterocycles. The second-order valence-electron chi connectivity index (χ2n) is 6.37. The van der Waals surface area contributed by atoms with Crippen molar-refractivity contribution in [3.8, 4) is 0 Å². The average molecular weight is 302 g/mol. The molecule has 1 aliphatic carbocycles. The zero-order valence-electron chi connectivity index (χ0n) is 13.0. The molecule has 0 bridgehead atoms. The molecule has 0 saturated carbocycles. The van der Waals surface area contributed by atoms with Crippen molar-refractivity contribution in [1.82, 2.24) is 10.3 Å². The molecule has 1 aliphatic rings. The Morgan fingerprint density at radius 2 is 2.05 bits per heavy atom. The van der Waals surface area contributed by atoms with Gasteiger partial charge in [0.25, 0.3) is 0 Å². The predicted molar refractivity (Wildman–Crippen MR) is 92.1 cm³/mol. The van der Waals surface area contributed by atoms with E-state index in [0.29, 0.717) is 12.1 Å². The number of H-pyrrole nitrogens is 1. The number of aromatic amines is 1. The standard InChI is InChI=1S/C20H22N2/c1-14(15-7-3-2-4-8-15)21-16-11-12-20-18(13-16)17-9-5-6-10-19(17)22-20/h2-10,14,16,21-22H,11-13H2,1H3/t14-,16+/m0/s1/i5+2,6+2,9+2,10+2,17+2,19+2. The molecule has 0 unspecified atom stereocenters. The molecule has 2 N–H and O–H groups in total. The number of aromatic nitrogens is 1. The molecule has 22 heavy (non-hydrogen) atoms. The third-order valence-corrected chi connectivity index (χ3v) is 4.88. The van der Waals surface area contributed by atoms with E-state index in [1.54, 1.807) is 0 Å². The summed E-state index contributed by atoms with van der Waals surface area (Å²) in [7, 11) is 0. The number of hydrogen-bond donors (Lipinski definition) is 2. The molecule has 112 valence electrons. The summed E-state index contributed by atoms with van der Waals surface area (Å²) in [5, 5.41) is 5.22. The van der Waals surface area contributed by atoms with E-state index in [-0.39, 0.29) is 0 Å². The molecular formula is C20H22N2. The van der Waals surface area contributed by atoms with Gasteiger partial charge in [-0.05, 0) is 43.4 Å². The molecule has 0 radical (unpaired) electrons. The van der Waals surface area contributed by atoms with E-state index in [4.69, 9.17) is 0 Å². The van der Waals surface area contributed by atoms with Crippen LogP contribution >= 0.6 is 0 Å². The van der Waals surface area contributed by atoms with E-state index < -0.39 is 0 Å². The Morgan fingerprint density at radius 3 is 2.91 bits per heavy atom. The van der Waals surface area contributed by atoms with Gasteiger partial charge in [-0.2, -0.15) is 0 Å². The molecule has 2 aromatic carbocycles. The minimum absolute atomic E-state index is 0.401. The van der Waals surface area contributed by atoms with E-state index >= 15 is 0 Å². The van der Waals surface area contributed by atoms with E-state index in [1.165, 1.54) is 34.1 Å². The van der Waals surface area contributed by atoms with Gasteiger partial charge in [0.1, 0.15) is 0 Å². The van der Waals surface area contributed by atoms with Crippen molar-refractivity contribution in [3.05, 3.63) is 71.4 Å². The fourth-order valence-electron chi connectivity index (χ4n) is 3.70. The molecule has 0 spiro atoms. The Labute approximate surface area is 131 Å². The van der Waals surface area contributed by atoms with Crippen LogP contribution in [-0.4, -0.2) is 11.0 Å². The van der Waals surface area contributed by atoms with E-state index in [1.807, 2.05) is 0 Å². The predicted octanol–water partition coefficient (Wildman–Crippen LogP) is 4.38. The van der Waals surface area contributed by atoms with Gasteiger partial charge in [0.2, 0.25) is 0 Å². The molecular weight excluding hydrogens is 280 g/mol. The van der Waals surface area contributed by atoms with Crippen LogP contribution in [0.1, 0.15) is 36.2 Å². The first-order chi connectivity index (χ1) is 10.8. The van der Waals surface area contributed by atoms with Crippen molar-refractivity contribution in [2.45, 2.75) is 38.3 Å². The number of para-hydroxylation sites is 1. The van der Waals surface area contributed by atoms with E-state index in [0.717, 1.165) is 12.8 Å². The third kappa shape index (κ3) is 2.44. The van der Waals surface area contributed by atoms with Gasteiger partial charge < -0.3 is 10.3 Å². The maximum absolute atomic E-state index is 3.82. The SMILES string of the molecule is C[C@H](N[C@@H]1CCc2[nH][14c]3[14cH][14cH][14cH][14cH][14c]3c2C1)c1ccccc1. The smallest absolute Gasteiger partial charge is 0.0458 e. The highest BCUT2D eigenvalue weighted by Gasteiger charge is 2.23. The van der Waals surface area contributed by atoms with Crippen molar-refractivity contribution < 1.29 is 0 Å². The normalized spacial score (nSPS) is 19.0. The monoisotopic (exact) mass is 302 g/mol. The summed E-state index contributed by atoms with van der Waals surface area (Å²) < 4.78 is 0. The first kappa shape index (κ1) is 13.6. The van der Waals surface area contributed by atoms with Crippen molar-refractivity contribution >= 4 is 10.9 Å². The Balaban J connectivity index is 1.54. The minimum Gasteiger partial charge on any atom is -0.358 e. The van der Waals surface area contributed by atoms with E-state index in [9.17, 15) is 0 Å². The minimum atomic E-state index is 0.401. The fraction of sp³-hybridized carbons (Fsp3) is 0.300. The number of benzene rings is 2. The molecule has 0 saturated heterocycles. The van der Waals surface area contributed by atoms with Gasteiger partial charge in [0.15, 0.2) is 0 Å². The number of fused-ring (bicyclic) bond motifs is 3. The molecule has 1 heterocycles. The molecule has 3 aromatic rings. The van der Waals surface area contributed by atoms with Gasteiger partial charge in [-0.15, -0.1) is 0 Å². The van der Waals surface area contributed by atoms with Gasteiger partial charge in [-0.3, -0.25) is 0 Å². The van der Waals surface area contributed by atoms with Gasteiger partial charge in [0, 0.05) is 28.7 Å². The molecule has 4 rings (SSSR count). The Morgan fingerprint density at radius 1 is 1.23 bits per heavy atom. The van der Waals surface area contributed by atoms with Gasteiger partial charge in [0.05, 0.1) is 0 Å². The maximum atomic E-state index is 3.82. The molecule has 2 heteroatoms. The van der Waals surface area contributed by atoms with Crippen LogP contribution in [0.15, 0.2) is 54.6 Å². The average Bonchev–Trinajstić information content (AvgIpc) is 2.94. The van der Waals surface area contributed by atoms with Crippen molar-refractivity contribution in [2.75, 3.05) is 0 Å². The summed E-state index contributed by atoms with van der Waals surface area (Å²) in [6.45, 7) is 2.26. The topological polar surface area (TPSA) is 27.8 Å². The Hall–Kier alpha value is -2.06. The summed E-state index contributed by atoms with van der Waals surface area (Å²) in [4.78, 5) is 3.59. The van der Waals surface area contributed by atoms with Gasteiger partial charge >= 0.3 is 0 Å². The molecule has 0 amide bonds. The van der Waals surface area contributed by atoms with Crippen LogP contribution in [0.4, 0.5) is 0 Å². The summed E-state index contributed by atoms with van der Waals surface area (Å²) in [5.74, 6) is 0. The zero-order chi connectivity index (χ0) is 14.9. The molecule has 2 atom stereocenters. The van der Waals surface area contributed by atoms with E-state index in [2.05, 4.69) is 71.8 Å². The molecule has 2 nitrogen and oxygen atoms in total. The van der Waals surface area contributed by atoms with Crippen LogP contribution in [0.25, 0.3) is 10.9 Å². The number of rotatable bonds is 3. The lowest BCUT2D eigenvalue weighted by atomic mass is 9.94. The number of hydrogen-bond acceptors (Lipinski definition) is 1. The highest BCUT2D eigenvalue weighted by atomic mass is 15.8. The van der Waals surface area contributed by atoms with Crippen LogP contribution in [0.2, 0.25) is 0 Å². The Bertz CT molecular complexity index is 773. The highest BCUT2D eigenvalue weighted by Crippen LogP contribution is 2.29. The van der Waals surface area contributed by atoms with Crippen molar-refractivity contribution in [2.24, 2.45) is 0 Å². The lowest BCUT2D eigenvalue weighted by molar-refractivity contribution is 0.413.